The van der Waals surface area contributed by atoms with Gasteiger partial charge in [-0.25, -0.2) is 4.98 Å². The van der Waals surface area contributed by atoms with Crippen LogP contribution in [0.15, 0.2) is 12.4 Å². The van der Waals surface area contributed by atoms with Crippen molar-refractivity contribution < 1.29 is 4.79 Å². The van der Waals surface area contributed by atoms with E-state index in [4.69, 9.17) is 4.98 Å². The smallest absolute Gasteiger partial charge is 0.223 e. The van der Waals surface area contributed by atoms with Crippen LogP contribution in [0.25, 0.3) is 0 Å². The molecular formula is C19H27N5OS. The molecule has 4 rings (SSSR count). The summed E-state index contributed by atoms with van der Waals surface area (Å²) >= 11 is 1.86. The Labute approximate surface area is 158 Å². The van der Waals surface area contributed by atoms with E-state index < -0.39 is 0 Å². The van der Waals surface area contributed by atoms with Crippen molar-refractivity contribution in [3.05, 3.63) is 33.5 Å². The molecule has 7 heteroatoms. The number of hydrogen-bond donors (Lipinski definition) is 1. The summed E-state index contributed by atoms with van der Waals surface area (Å²) in [6.07, 6.45) is 8.05. The van der Waals surface area contributed by atoms with Crippen LogP contribution in [0.3, 0.4) is 0 Å². The fourth-order valence-electron chi connectivity index (χ4n) is 4.26. The van der Waals surface area contributed by atoms with Crippen LogP contribution in [-0.4, -0.2) is 39.2 Å². The molecule has 1 aliphatic carbocycles. The molecule has 1 saturated heterocycles. The first-order valence-electron chi connectivity index (χ1n) is 9.43. The van der Waals surface area contributed by atoms with Crippen molar-refractivity contribution in [2.24, 2.45) is 18.9 Å². The fourth-order valence-corrected chi connectivity index (χ4v) is 5.50. The van der Waals surface area contributed by atoms with Gasteiger partial charge in [-0.1, -0.05) is 6.92 Å². The van der Waals surface area contributed by atoms with E-state index in [0.717, 1.165) is 31.0 Å². The highest BCUT2D eigenvalue weighted by molar-refractivity contribution is 7.11. The van der Waals surface area contributed by atoms with Gasteiger partial charge in [0, 0.05) is 56.2 Å². The van der Waals surface area contributed by atoms with E-state index in [9.17, 15) is 4.79 Å². The molecule has 1 amide bonds. The predicted octanol–water partition coefficient (Wildman–Crippen LogP) is 2.31. The van der Waals surface area contributed by atoms with Gasteiger partial charge in [0.1, 0.15) is 5.01 Å². The molecule has 140 valence electrons. The molecule has 0 radical (unpaired) electrons. The number of rotatable bonds is 5. The molecule has 2 aliphatic rings. The van der Waals surface area contributed by atoms with Gasteiger partial charge in [-0.15, -0.1) is 11.3 Å². The van der Waals surface area contributed by atoms with Gasteiger partial charge in [-0.2, -0.15) is 5.10 Å². The van der Waals surface area contributed by atoms with E-state index in [-0.39, 0.29) is 17.9 Å². The quantitative estimate of drug-likeness (QED) is 0.874. The largest absolute Gasteiger partial charge is 0.338 e. The molecule has 2 aromatic rings. The first-order valence-corrected chi connectivity index (χ1v) is 10.2. The van der Waals surface area contributed by atoms with E-state index in [0.29, 0.717) is 6.42 Å². The van der Waals surface area contributed by atoms with E-state index >= 15 is 0 Å². The minimum absolute atomic E-state index is 0.106. The van der Waals surface area contributed by atoms with Crippen molar-refractivity contribution in [2.75, 3.05) is 13.6 Å². The van der Waals surface area contributed by atoms with Crippen LogP contribution in [0.5, 0.6) is 0 Å². The highest BCUT2D eigenvalue weighted by atomic mass is 32.1. The highest BCUT2D eigenvalue weighted by Gasteiger charge is 2.38. The number of likely N-dealkylation sites (tertiary alicyclic amines) is 1. The van der Waals surface area contributed by atoms with Gasteiger partial charge in [0.05, 0.1) is 17.9 Å². The Hall–Kier alpha value is -1.73. The van der Waals surface area contributed by atoms with E-state index in [1.807, 2.05) is 42.7 Å². The van der Waals surface area contributed by atoms with Crippen LogP contribution in [0.1, 0.15) is 46.9 Å². The number of amides is 1. The van der Waals surface area contributed by atoms with Crippen molar-refractivity contribution in [2.45, 2.75) is 45.2 Å². The molecule has 0 saturated carbocycles. The summed E-state index contributed by atoms with van der Waals surface area (Å²) in [7, 11) is 3.81. The Kier molecular flexibility index (Phi) is 4.84. The molecule has 26 heavy (non-hydrogen) atoms. The molecule has 3 atom stereocenters. The lowest BCUT2D eigenvalue weighted by Crippen LogP contribution is -2.28. The second kappa shape index (κ2) is 7.12. The maximum atomic E-state index is 12.2. The molecule has 1 N–H and O–H groups in total. The lowest BCUT2D eigenvalue weighted by atomic mass is 9.93. The third-order valence-electron chi connectivity index (χ3n) is 5.67. The maximum absolute atomic E-state index is 12.2. The standard InChI is InChI=1S/C19H27N5OS/c1-12-4-5-15-16(6-12)26-17(22-15)10-20-8-13-7-18(25)24(3)19(13)14-9-21-23(2)11-14/h9,11-13,19-20H,4-8,10H2,1-3H3/t12-,13-,19+/m0/s1. The summed E-state index contributed by atoms with van der Waals surface area (Å²) in [5.74, 6) is 1.26. The van der Waals surface area contributed by atoms with E-state index in [1.54, 1.807) is 4.68 Å². The van der Waals surface area contributed by atoms with Gasteiger partial charge in [0.25, 0.3) is 0 Å². The Morgan fingerprint density at radius 2 is 2.19 bits per heavy atom. The molecule has 2 aromatic heterocycles. The van der Waals surface area contributed by atoms with Crippen LogP contribution in [0.4, 0.5) is 0 Å². The zero-order chi connectivity index (χ0) is 18.3. The summed E-state index contributed by atoms with van der Waals surface area (Å²) in [6, 6.07) is 0.106. The second-order valence-electron chi connectivity index (χ2n) is 7.82. The Morgan fingerprint density at radius 3 is 2.96 bits per heavy atom. The van der Waals surface area contributed by atoms with Gasteiger partial charge in [0.15, 0.2) is 0 Å². The number of fused-ring (bicyclic) bond motifs is 1. The number of hydrogen-bond acceptors (Lipinski definition) is 5. The lowest BCUT2D eigenvalue weighted by molar-refractivity contribution is -0.127. The van der Waals surface area contributed by atoms with E-state index in [1.165, 1.54) is 28.4 Å². The zero-order valence-electron chi connectivity index (χ0n) is 15.7. The first-order chi connectivity index (χ1) is 12.5. The summed E-state index contributed by atoms with van der Waals surface area (Å²) in [6.45, 7) is 3.93. The van der Waals surface area contributed by atoms with Gasteiger partial charge < -0.3 is 10.2 Å². The minimum atomic E-state index is 0.106. The molecule has 0 aromatic carbocycles. The molecular weight excluding hydrogens is 346 g/mol. The number of carbonyl (C=O) groups is 1. The summed E-state index contributed by atoms with van der Waals surface area (Å²) < 4.78 is 1.80. The summed E-state index contributed by atoms with van der Waals surface area (Å²) in [4.78, 5) is 20.4. The lowest BCUT2D eigenvalue weighted by Gasteiger charge is -2.24. The number of aromatic nitrogens is 3. The van der Waals surface area contributed by atoms with Crippen molar-refractivity contribution in [3.8, 4) is 0 Å². The van der Waals surface area contributed by atoms with Crippen LogP contribution < -0.4 is 5.32 Å². The number of nitrogens with zero attached hydrogens (tertiary/aromatic N) is 4. The third-order valence-corrected chi connectivity index (χ3v) is 6.79. The van der Waals surface area contributed by atoms with Crippen molar-refractivity contribution in [1.29, 1.82) is 0 Å². The van der Waals surface area contributed by atoms with Gasteiger partial charge in [-0.3, -0.25) is 9.48 Å². The number of carbonyl (C=O) groups excluding carboxylic acids is 1. The summed E-state index contributed by atoms with van der Waals surface area (Å²) in [5.41, 5.74) is 2.43. The number of nitrogens with one attached hydrogen (secondary N) is 1. The highest BCUT2D eigenvalue weighted by Crippen LogP contribution is 2.36. The monoisotopic (exact) mass is 373 g/mol. The second-order valence-corrected chi connectivity index (χ2v) is 8.99. The van der Waals surface area contributed by atoms with Crippen molar-refractivity contribution >= 4 is 17.2 Å². The normalized spacial score (nSPS) is 25.7. The van der Waals surface area contributed by atoms with Gasteiger partial charge in [0.2, 0.25) is 5.91 Å². The zero-order valence-corrected chi connectivity index (χ0v) is 16.6. The average Bonchev–Trinajstić information content (AvgIpc) is 3.26. The molecule has 6 nitrogen and oxygen atoms in total. The average molecular weight is 374 g/mol. The third kappa shape index (κ3) is 3.42. The predicted molar refractivity (Wildman–Crippen MR) is 102 cm³/mol. The van der Waals surface area contributed by atoms with Gasteiger partial charge >= 0.3 is 0 Å². The minimum Gasteiger partial charge on any atom is -0.338 e. The van der Waals surface area contributed by atoms with Crippen LogP contribution in [0, 0.1) is 11.8 Å². The molecule has 0 bridgehead atoms. The van der Waals surface area contributed by atoms with Crippen LogP contribution >= 0.6 is 11.3 Å². The number of aryl methyl sites for hydroxylation is 2. The topological polar surface area (TPSA) is 63.1 Å². The molecule has 0 unspecified atom stereocenters. The van der Waals surface area contributed by atoms with E-state index in [2.05, 4.69) is 17.3 Å². The fraction of sp³-hybridized carbons (Fsp3) is 0.632. The Bertz CT molecular complexity index is 798. The van der Waals surface area contributed by atoms with Crippen molar-refractivity contribution in [1.82, 2.24) is 25.0 Å². The van der Waals surface area contributed by atoms with Crippen molar-refractivity contribution in [3.63, 3.8) is 0 Å². The van der Waals surface area contributed by atoms with Crippen LogP contribution in [0.2, 0.25) is 0 Å². The van der Waals surface area contributed by atoms with Gasteiger partial charge in [-0.05, 0) is 25.2 Å². The molecule has 3 heterocycles. The molecule has 1 fully saturated rings. The molecule has 0 spiro atoms. The first kappa shape index (κ1) is 17.7. The Morgan fingerprint density at radius 1 is 1.35 bits per heavy atom. The SMILES string of the molecule is C[C@H]1CCc2nc(CNC[C@@H]3CC(=O)N(C)[C@H]3c3cnn(C)c3)sc2C1. The van der Waals surface area contributed by atoms with Crippen LogP contribution in [-0.2, 0) is 31.2 Å². The number of thiazole rings is 1. The Balaban J connectivity index is 1.38. The maximum Gasteiger partial charge on any atom is 0.223 e. The summed E-state index contributed by atoms with van der Waals surface area (Å²) in [5, 5.41) is 9.01. The molecule has 1 aliphatic heterocycles.